The summed E-state index contributed by atoms with van der Waals surface area (Å²) in [6, 6.07) is 0. The van der Waals surface area contributed by atoms with Gasteiger partial charge in [0.25, 0.3) is 0 Å². The fourth-order valence-corrected chi connectivity index (χ4v) is 1.75. The van der Waals surface area contributed by atoms with Gasteiger partial charge >= 0.3 is 0 Å². The summed E-state index contributed by atoms with van der Waals surface area (Å²) in [5.41, 5.74) is 0.495. The zero-order valence-corrected chi connectivity index (χ0v) is 9.06. The highest BCUT2D eigenvalue weighted by Gasteiger charge is 2.29. The average Bonchev–Trinajstić information content (AvgIpc) is 2.30. The molecule has 1 saturated heterocycles. The predicted molar refractivity (Wildman–Crippen MR) is 56.4 cm³/mol. The first kappa shape index (κ1) is 11.7. The summed E-state index contributed by atoms with van der Waals surface area (Å²) in [6.45, 7) is 14.7. The van der Waals surface area contributed by atoms with Gasteiger partial charge in [0.15, 0.2) is 0 Å². The van der Waals surface area contributed by atoms with E-state index in [1.165, 1.54) is 25.9 Å². The van der Waals surface area contributed by atoms with Crippen LogP contribution in [0.15, 0.2) is 12.7 Å². The molecule has 1 heteroatoms. The van der Waals surface area contributed by atoms with Crippen LogP contribution in [-0.4, -0.2) is 23.5 Å². The van der Waals surface area contributed by atoms with Crippen molar-refractivity contribution in [2.24, 2.45) is 0 Å². The molecule has 0 aliphatic carbocycles. The van der Waals surface area contributed by atoms with Crippen molar-refractivity contribution in [3.05, 3.63) is 12.7 Å². The Morgan fingerprint density at radius 1 is 1.50 bits per heavy atom. The molecule has 1 aliphatic heterocycles. The molecular formula is C11H23N. The summed E-state index contributed by atoms with van der Waals surface area (Å²) in [7, 11) is 0. The number of hydrogen-bond acceptors (Lipinski definition) is 1. The number of rotatable bonds is 1. The van der Waals surface area contributed by atoms with E-state index in [4.69, 9.17) is 0 Å². The molecular weight excluding hydrogens is 146 g/mol. The summed E-state index contributed by atoms with van der Waals surface area (Å²) < 4.78 is 0. The Labute approximate surface area is 77.5 Å². The molecule has 0 N–H and O–H groups in total. The topological polar surface area (TPSA) is 3.24 Å². The van der Waals surface area contributed by atoms with Crippen molar-refractivity contribution < 1.29 is 0 Å². The number of likely N-dealkylation sites (tertiary alicyclic amines) is 1. The van der Waals surface area contributed by atoms with Crippen LogP contribution in [0.25, 0.3) is 0 Å². The maximum atomic E-state index is 3.36. The van der Waals surface area contributed by atoms with Crippen LogP contribution in [0.1, 0.15) is 40.5 Å². The summed E-state index contributed by atoms with van der Waals surface area (Å²) in [5.74, 6) is 0. The molecule has 0 aromatic rings. The second-order valence-electron chi connectivity index (χ2n) is 3.90. The first-order valence-electron chi connectivity index (χ1n) is 4.90. The molecule has 1 heterocycles. The van der Waals surface area contributed by atoms with Gasteiger partial charge in [0.05, 0.1) is 0 Å². The Bertz CT molecular complexity index is 127. The van der Waals surface area contributed by atoms with Gasteiger partial charge in [0.2, 0.25) is 0 Å². The zero-order valence-electron chi connectivity index (χ0n) is 9.06. The first-order valence-corrected chi connectivity index (χ1v) is 4.90. The minimum atomic E-state index is 0.495. The molecule has 0 bridgehead atoms. The van der Waals surface area contributed by atoms with Crippen molar-refractivity contribution in [3.8, 4) is 0 Å². The van der Waals surface area contributed by atoms with Crippen molar-refractivity contribution >= 4 is 0 Å². The summed E-state index contributed by atoms with van der Waals surface area (Å²) >= 11 is 0. The molecule has 1 fully saturated rings. The quantitative estimate of drug-likeness (QED) is 0.545. The highest BCUT2D eigenvalue weighted by molar-refractivity contribution is 4.86. The molecule has 0 radical (unpaired) electrons. The molecule has 0 saturated carbocycles. The second kappa shape index (κ2) is 5.36. The fourth-order valence-electron chi connectivity index (χ4n) is 1.75. The highest BCUT2D eigenvalue weighted by atomic mass is 15.2. The largest absolute Gasteiger partial charge is 0.298 e. The van der Waals surface area contributed by atoms with E-state index >= 15 is 0 Å². The van der Waals surface area contributed by atoms with Gasteiger partial charge in [-0.15, -0.1) is 6.58 Å². The minimum Gasteiger partial charge on any atom is -0.298 e. The van der Waals surface area contributed by atoms with Crippen molar-refractivity contribution in [2.75, 3.05) is 13.1 Å². The van der Waals surface area contributed by atoms with Gasteiger partial charge in [-0.1, -0.05) is 13.0 Å². The summed E-state index contributed by atoms with van der Waals surface area (Å²) in [5, 5.41) is 0. The van der Waals surface area contributed by atoms with Crippen LogP contribution in [0, 0.1) is 0 Å². The molecule has 0 unspecified atom stereocenters. The van der Waals surface area contributed by atoms with E-state index in [0.717, 1.165) is 0 Å². The molecule has 72 valence electrons. The van der Waals surface area contributed by atoms with Crippen molar-refractivity contribution in [3.63, 3.8) is 0 Å². The van der Waals surface area contributed by atoms with Crippen LogP contribution in [0.5, 0.6) is 0 Å². The van der Waals surface area contributed by atoms with Crippen molar-refractivity contribution in [1.29, 1.82) is 0 Å². The van der Waals surface area contributed by atoms with Gasteiger partial charge < -0.3 is 0 Å². The molecule has 0 spiro atoms. The van der Waals surface area contributed by atoms with Crippen LogP contribution in [0.2, 0.25) is 0 Å². The van der Waals surface area contributed by atoms with E-state index in [2.05, 4.69) is 32.3 Å². The Morgan fingerprint density at radius 2 is 2.00 bits per heavy atom. The monoisotopic (exact) mass is 169 g/mol. The molecule has 0 amide bonds. The Kier molecular flexibility index (Phi) is 5.23. The van der Waals surface area contributed by atoms with E-state index in [1.54, 1.807) is 6.08 Å². The molecule has 1 rings (SSSR count). The standard InChI is InChI=1S/C8H17N.C3H6/c1-4-9-7-5-6-8(9,2)3;1-3-2/h4-7H2,1-3H3;3H,1H2,2H3. The second-order valence-corrected chi connectivity index (χ2v) is 3.90. The van der Waals surface area contributed by atoms with Gasteiger partial charge in [0.1, 0.15) is 0 Å². The Morgan fingerprint density at radius 3 is 2.17 bits per heavy atom. The van der Waals surface area contributed by atoms with E-state index in [0.29, 0.717) is 5.54 Å². The zero-order chi connectivity index (χ0) is 9.61. The molecule has 0 aromatic carbocycles. The van der Waals surface area contributed by atoms with E-state index in [9.17, 15) is 0 Å². The lowest BCUT2D eigenvalue weighted by atomic mass is 10.0. The van der Waals surface area contributed by atoms with Crippen molar-refractivity contribution in [1.82, 2.24) is 4.90 Å². The van der Waals surface area contributed by atoms with Crippen LogP contribution in [0.4, 0.5) is 0 Å². The molecule has 0 atom stereocenters. The lowest BCUT2D eigenvalue weighted by Gasteiger charge is -2.29. The average molecular weight is 169 g/mol. The SMILES string of the molecule is C=CC.CCN1CCCC1(C)C. The Hall–Kier alpha value is -0.300. The molecule has 1 aliphatic rings. The van der Waals surface area contributed by atoms with Gasteiger partial charge in [-0.25, -0.2) is 0 Å². The summed E-state index contributed by atoms with van der Waals surface area (Å²) in [4.78, 5) is 2.55. The smallest absolute Gasteiger partial charge is 0.0153 e. The van der Waals surface area contributed by atoms with Gasteiger partial charge in [0, 0.05) is 5.54 Å². The summed E-state index contributed by atoms with van der Waals surface area (Å²) in [6.07, 6.45) is 4.52. The molecule has 0 aromatic heterocycles. The first-order chi connectivity index (χ1) is 5.58. The van der Waals surface area contributed by atoms with E-state index in [1.807, 2.05) is 6.92 Å². The van der Waals surface area contributed by atoms with Crippen molar-refractivity contribution in [2.45, 2.75) is 46.1 Å². The Balaban J connectivity index is 0.000000354. The lowest BCUT2D eigenvalue weighted by molar-refractivity contribution is 0.185. The van der Waals surface area contributed by atoms with Gasteiger partial charge in [-0.3, -0.25) is 4.90 Å². The number of nitrogens with zero attached hydrogens (tertiary/aromatic N) is 1. The number of allylic oxidation sites excluding steroid dienone is 1. The third kappa shape index (κ3) is 3.40. The van der Waals surface area contributed by atoms with Crippen LogP contribution in [-0.2, 0) is 0 Å². The normalized spacial score (nSPS) is 21.3. The van der Waals surface area contributed by atoms with E-state index in [-0.39, 0.29) is 0 Å². The third-order valence-corrected chi connectivity index (χ3v) is 2.45. The maximum Gasteiger partial charge on any atom is 0.0153 e. The number of hydrogen-bond donors (Lipinski definition) is 0. The van der Waals surface area contributed by atoms with Gasteiger partial charge in [-0.05, 0) is 46.7 Å². The van der Waals surface area contributed by atoms with Gasteiger partial charge in [-0.2, -0.15) is 0 Å². The molecule has 12 heavy (non-hydrogen) atoms. The van der Waals surface area contributed by atoms with Crippen LogP contribution in [0.3, 0.4) is 0 Å². The third-order valence-electron chi connectivity index (χ3n) is 2.45. The van der Waals surface area contributed by atoms with E-state index < -0.39 is 0 Å². The highest BCUT2D eigenvalue weighted by Crippen LogP contribution is 2.26. The maximum absolute atomic E-state index is 3.36. The minimum absolute atomic E-state index is 0.495. The van der Waals surface area contributed by atoms with Crippen LogP contribution < -0.4 is 0 Å². The van der Waals surface area contributed by atoms with Crippen LogP contribution >= 0.6 is 0 Å². The predicted octanol–water partition coefficient (Wildman–Crippen LogP) is 3.07. The fraction of sp³-hybridized carbons (Fsp3) is 0.818. The lowest BCUT2D eigenvalue weighted by Crippen LogP contribution is -2.37. The molecule has 1 nitrogen and oxygen atoms in total.